The van der Waals surface area contributed by atoms with Gasteiger partial charge in [0.25, 0.3) is 5.91 Å². The molecule has 1 amide bonds. The minimum Gasteiger partial charge on any atom is -0.497 e. The van der Waals surface area contributed by atoms with Crippen LogP contribution in [-0.2, 0) is 4.79 Å². The van der Waals surface area contributed by atoms with E-state index < -0.39 is 0 Å². The number of amides is 1. The molecule has 0 saturated carbocycles. The van der Waals surface area contributed by atoms with Crippen LogP contribution in [0.25, 0.3) is 0 Å². The molecule has 1 aromatic carbocycles. The first-order valence-corrected chi connectivity index (χ1v) is 6.24. The van der Waals surface area contributed by atoms with Crippen LogP contribution in [-0.4, -0.2) is 43.1 Å². The molecule has 0 unspecified atom stereocenters. The van der Waals surface area contributed by atoms with Gasteiger partial charge in [0.2, 0.25) is 0 Å². The number of carbonyl (C=O) groups is 1. The van der Waals surface area contributed by atoms with E-state index in [9.17, 15) is 4.79 Å². The van der Waals surface area contributed by atoms with Crippen molar-refractivity contribution < 1.29 is 14.3 Å². The fourth-order valence-corrected chi connectivity index (χ4v) is 1.46. The molecule has 2 N–H and O–H groups in total. The van der Waals surface area contributed by atoms with E-state index in [0.29, 0.717) is 23.6 Å². The van der Waals surface area contributed by atoms with Gasteiger partial charge in [-0.15, -0.1) is 0 Å². The summed E-state index contributed by atoms with van der Waals surface area (Å²) in [7, 11) is 3.26. The van der Waals surface area contributed by atoms with Crippen molar-refractivity contribution >= 4 is 23.1 Å². The van der Waals surface area contributed by atoms with Crippen LogP contribution in [0.5, 0.6) is 11.5 Å². The molecule has 0 fully saturated rings. The number of likely N-dealkylation sites (N-methyl/N-ethyl adjacent to an activating group) is 1. The quantitative estimate of drug-likeness (QED) is 0.794. The molecule has 5 nitrogen and oxygen atoms in total. The van der Waals surface area contributed by atoms with E-state index in [4.69, 9.17) is 27.4 Å². The summed E-state index contributed by atoms with van der Waals surface area (Å²) in [5.41, 5.74) is 6.22. The van der Waals surface area contributed by atoms with Crippen molar-refractivity contribution in [1.29, 1.82) is 0 Å². The third kappa shape index (κ3) is 4.40. The minimum absolute atomic E-state index is 0.0335. The largest absolute Gasteiger partial charge is 0.497 e. The van der Waals surface area contributed by atoms with Crippen molar-refractivity contribution in [3.63, 3.8) is 0 Å². The number of methoxy groups -OCH3 is 1. The maximum Gasteiger partial charge on any atom is 0.260 e. The second-order valence-corrected chi connectivity index (χ2v) is 4.40. The Morgan fingerprint density at radius 1 is 1.37 bits per heavy atom. The lowest BCUT2D eigenvalue weighted by Crippen LogP contribution is -2.31. The summed E-state index contributed by atoms with van der Waals surface area (Å²) in [6, 6.07) is 5.08. The molecule has 0 saturated heterocycles. The number of nitrogens with zero attached hydrogens (tertiary/aromatic N) is 1. The summed E-state index contributed by atoms with van der Waals surface area (Å²) in [4.78, 5) is 13.5. The Balaban J connectivity index is 2.80. The van der Waals surface area contributed by atoms with Crippen molar-refractivity contribution in [2.75, 3.05) is 27.3 Å². The van der Waals surface area contributed by atoms with Crippen LogP contribution in [0.3, 0.4) is 0 Å². The minimum atomic E-state index is -0.0952. The molecule has 104 valence electrons. The molecule has 0 heterocycles. The van der Waals surface area contributed by atoms with Gasteiger partial charge in [-0.25, -0.2) is 0 Å². The molecule has 0 radical (unpaired) electrons. The Morgan fingerprint density at radius 2 is 2.00 bits per heavy atom. The number of thiocarbonyl (C=S) groups is 1. The standard InChI is InChI=1S/C13H18N2O3S/c1-4-15(2)12(16)8-18-11-6-9(13(14)19)5-10(7-11)17-3/h5-7H,4,8H2,1-3H3,(H2,14,19). The summed E-state index contributed by atoms with van der Waals surface area (Å²) in [6.45, 7) is 2.50. The average Bonchev–Trinajstić information content (AvgIpc) is 2.43. The highest BCUT2D eigenvalue weighted by atomic mass is 32.1. The molecule has 0 bridgehead atoms. The molecule has 0 aliphatic heterocycles. The molecular formula is C13H18N2O3S. The highest BCUT2D eigenvalue weighted by molar-refractivity contribution is 7.80. The van der Waals surface area contributed by atoms with E-state index in [1.165, 1.54) is 0 Å². The maximum atomic E-state index is 11.6. The molecule has 19 heavy (non-hydrogen) atoms. The molecule has 6 heteroatoms. The van der Waals surface area contributed by atoms with Gasteiger partial charge in [0.15, 0.2) is 6.61 Å². The van der Waals surface area contributed by atoms with Crippen LogP contribution in [0.2, 0.25) is 0 Å². The molecule has 0 aromatic heterocycles. The fourth-order valence-electron chi connectivity index (χ4n) is 1.35. The predicted molar refractivity (Wildman–Crippen MR) is 77.7 cm³/mol. The Morgan fingerprint density at radius 3 is 2.53 bits per heavy atom. The second kappa shape index (κ2) is 6.94. The van der Waals surface area contributed by atoms with Gasteiger partial charge in [-0.05, 0) is 19.1 Å². The predicted octanol–water partition coefficient (Wildman–Crippen LogP) is 1.19. The zero-order valence-electron chi connectivity index (χ0n) is 11.3. The highest BCUT2D eigenvalue weighted by Gasteiger charge is 2.09. The van der Waals surface area contributed by atoms with Gasteiger partial charge >= 0.3 is 0 Å². The summed E-state index contributed by atoms with van der Waals surface area (Å²) in [6.07, 6.45) is 0. The summed E-state index contributed by atoms with van der Waals surface area (Å²) in [5, 5.41) is 0. The molecule has 0 aliphatic rings. The smallest absolute Gasteiger partial charge is 0.260 e. The lowest BCUT2D eigenvalue weighted by atomic mass is 10.2. The van der Waals surface area contributed by atoms with Crippen molar-refractivity contribution in [3.8, 4) is 11.5 Å². The number of rotatable bonds is 6. The van der Waals surface area contributed by atoms with E-state index in [1.54, 1.807) is 37.3 Å². The van der Waals surface area contributed by atoms with E-state index in [-0.39, 0.29) is 17.5 Å². The zero-order valence-corrected chi connectivity index (χ0v) is 12.1. The Labute approximate surface area is 118 Å². The topological polar surface area (TPSA) is 64.8 Å². The zero-order chi connectivity index (χ0) is 14.4. The van der Waals surface area contributed by atoms with E-state index in [0.717, 1.165) is 0 Å². The Hall–Kier alpha value is -1.82. The van der Waals surface area contributed by atoms with Gasteiger partial charge in [0.05, 0.1) is 7.11 Å². The first-order chi connectivity index (χ1) is 8.97. The van der Waals surface area contributed by atoms with Gasteiger partial charge < -0.3 is 20.1 Å². The molecule has 1 aromatic rings. The van der Waals surface area contributed by atoms with Crippen molar-refractivity contribution in [3.05, 3.63) is 23.8 Å². The van der Waals surface area contributed by atoms with Crippen LogP contribution in [0.15, 0.2) is 18.2 Å². The SMILES string of the molecule is CCN(C)C(=O)COc1cc(OC)cc(C(N)=S)c1. The summed E-state index contributed by atoms with van der Waals surface area (Å²) >= 11 is 4.92. The van der Waals surface area contributed by atoms with E-state index in [2.05, 4.69) is 0 Å². The maximum absolute atomic E-state index is 11.6. The molecule has 0 atom stereocenters. The second-order valence-electron chi connectivity index (χ2n) is 3.96. The van der Waals surface area contributed by atoms with Gasteiger partial charge in [0, 0.05) is 25.2 Å². The van der Waals surface area contributed by atoms with E-state index >= 15 is 0 Å². The third-order valence-corrected chi connectivity index (χ3v) is 2.90. The number of hydrogen-bond acceptors (Lipinski definition) is 4. The molecule has 1 rings (SSSR count). The van der Waals surface area contributed by atoms with Crippen LogP contribution in [0.4, 0.5) is 0 Å². The van der Waals surface area contributed by atoms with Crippen molar-refractivity contribution in [1.82, 2.24) is 4.90 Å². The van der Waals surface area contributed by atoms with Crippen LogP contribution < -0.4 is 15.2 Å². The Kier molecular flexibility index (Phi) is 5.57. The third-order valence-electron chi connectivity index (χ3n) is 2.66. The number of nitrogens with two attached hydrogens (primary N) is 1. The van der Waals surface area contributed by atoms with Crippen LogP contribution in [0.1, 0.15) is 12.5 Å². The monoisotopic (exact) mass is 282 g/mol. The average molecular weight is 282 g/mol. The first kappa shape index (κ1) is 15.2. The van der Waals surface area contributed by atoms with Gasteiger partial charge in [-0.1, -0.05) is 12.2 Å². The normalized spacial score (nSPS) is 9.84. The lowest BCUT2D eigenvalue weighted by Gasteiger charge is -2.15. The van der Waals surface area contributed by atoms with Gasteiger partial charge in [0.1, 0.15) is 16.5 Å². The van der Waals surface area contributed by atoms with Crippen molar-refractivity contribution in [2.24, 2.45) is 5.73 Å². The van der Waals surface area contributed by atoms with E-state index in [1.807, 2.05) is 6.92 Å². The van der Waals surface area contributed by atoms with Gasteiger partial charge in [-0.3, -0.25) is 4.79 Å². The number of hydrogen-bond donors (Lipinski definition) is 1. The highest BCUT2D eigenvalue weighted by Crippen LogP contribution is 2.22. The first-order valence-electron chi connectivity index (χ1n) is 5.83. The van der Waals surface area contributed by atoms with Gasteiger partial charge in [-0.2, -0.15) is 0 Å². The number of carbonyl (C=O) groups excluding carboxylic acids is 1. The fraction of sp³-hybridized carbons (Fsp3) is 0.385. The van der Waals surface area contributed by atoms with Crippen molar-refractivity contribution in [2.45, 2.75) is 6.92 Å². The summed E-state index contributed by atoms with van der Waals surface area (Å²) < 4.78 is 10.6. The molecule has 0 aliphatic carbocycles. The Bertz CT molecular complexity index is 477. The number of benzene rings is 1. The number of ether oxygens (including phenoxy) is 2. The molecule has 0 spiro atoms. The van der Waals surface area contributed by atoms with Crippen LogP contribution in [0, 0.1) is 0 Å². The lowest BCUT2D eigenvalue weighted by molar-refractivity contribution is -0.131. The molecular weight excluding hydrogens is 264 g/mol. The van der Waals surface area contributed by atoms with Crippen LogP contribution >= 0.6 is 12.2 Å². The summed E-state index contributed by atoms with van der Waals surface area (Å²) in [5.74, 6) is 0.985.